The SMILES string of the molecule is COC(=O)c1ccc(CCNC(=O)COc2ccccc2OC)cc1. The largest absolute Gasteiger partial charge is 0.493 e. The monoisotopic (exact) mass is 343 g/mol. The molecule has 0 aliphatic heterocycles. The van der Waals surface area contributed by atoms with E-state index in [2.05, 4.69) is 10.1 Å². The summed E-state index contributed by atoms with van der Waals surface area (Å²) >= 11 is 0. The number of hydrogen-bond acceptors (Lipinski definition) is 5. The minimum Gasteiger partial charge on any atom is -0.493 e. The fraction of sp³-hybridized carbons (Fsp3) is 0.263. The van der Waals surface area contributed by atoms with Crippen molar-refractivity contribution in [2.75, 3.05) is 27.4 Å². The molecule has 0 aromatic heterocycles. The molecular formula is C19H21NO5. The van der Waals surface area contributed by atoms with E-state index in [1.54, 1.807) is 31.4 Å². The summed E-state index contributed by atoms with van der Waals surface area (Å²) in [5, 5.41) is 2.79. The highest BCUT2D eigenvalue weighted by Gasteiger charge is 2.07. The van der Waals surface area contributed by atoms with Crippen molar-refractivity contribution >= 4 is 11.9 Å². The van der Waals surface area contributed by atoms with E-state index >= 15 is 0 Å². The van der Waals surface area contributed by atoms with Crippen LogP contribution in [0.5, 0.6) is 11.5 Å². The van der Waals surface area contributed by atoms with Gasteiger partial charge in [-0.25, -0.2) is 4.79 Å². The lowest BCUT2D eigenvalue weighted by atomic mass is 10.1. The Hall–Kier alpha value is -3.02. The first-order chi connectivity index (χ1) is 12.1. The lowest BCUT2D eigenvalue weighted by molar-refractivity contribution is -0.123. The Balaban J connectivity index is 1.74. The molecule has 0 spiro atoms. The van der Waals surface area contributed by atoms with Crippen LogP contribution in [0.1, 0.15) is 15.9 Å². The highest BCUT2D eigenvalue weighted by Crippen LogP contribution is 2.25. The Kier molecular flexibility index (Phi) is 6.83. The molecule has 1 amide bonds. The molecule has 2 rings (SSSR count). The van der Waals surface area contributed by atoms with Gasteiger partial charge < -0.3 is 19.5 Å². The van der Waals surface area contributed by atoms with Crippen LogP contribution in [0, 0.1) is 0 Å². The van der Waals surface area contributed by atoms with Gasteiger partial charge in [-0.15, -0.1) is 0 Å². The zero-order valence-electron chi connectivity index (χ0n) is 14.3. The summed E-state index contributed by atoms with van der Waals surface area (Å²) in [4.78, 5) is 23.2. The second-order valence-electron chi connectivity index (χ2n) is 5.23. The summed E-state index contributed by atoms with van der Waals surface area (Å²) in [5.74, 6) is 0.532. The number of carbonyl (C=O) groups excluding carboxylic acids is 2. The average molecular weight is 343 g/mol. The maximum atomic E-state index is 11.9. The number of benzene rings is 2. The third-order valence-electron chi connectivity index (χ3n) is 3.54. The summed E-state index contributed by atoms with van der Waals surface area (Å²) in [7, 11) is 2.90. The summed E-state index contributed by atoms with van der Waals surface area (Å²) in [6, 6.07) is 14.2. The van der Waals surface area contributed by atoms with Gasteiger partial charge in [-0.2, -0.15) is 0 Å². The number of hydrogen-bond donors (Lipinski definition) is 1. The zero-order valence-corrected chi connectivity index (χ0v) is 14.3. The van der Waals surface area contributed by atoms with Crippen molar-refractivity contribution < 1.29 is 23.8 Å². The lowest BCUT2D eigenvalue weighted by Crippen LogP contribution is -2.30. The van der Waals surface area contributed by atoms with Crippen LogP contribution in [0.25, 0.3) is 0 Å². The Bertz CT molecular complexity index is 712. The molecule has 2 aromatic carbocycles. The van der Waals surface area contributed by atoms with Crippen LogP contribution < -0.4 is 14.8 Å². The molecule has 0 saturated heterocycles. The third-order valence-corrected chi connectivity index (χ3v) is 3.54. The van der Waals surface area contributed by atoms with Gasteiger partial charge in [0.05, 0.1) is 19.8 Å². The van der Waals surface area contributed by atoms with E-state index in [1.165, 1.54) is 7.11 Å². The first-order valence-electron chi connectivity index (χ1n) is 7.84. The van der Waals surface area contributed by atoms with Crippen molar-refractivity contribution in [3.8, 4) is 11.5 Å². The van der Waals surface area contributed by atoms with E-state index in [-0.39, 0.29) is 18.5 Å². The van der Waals surface area contributed by atoms with Crippen molar-refractivity contribution in [3.63, 3.8) is 0 Å². The predicted octanol–water partition coefficient (Wildman–Crippen LogP) is 2.22. The minimum absolute atomic E-state index is 0.0817. The number of nitrogens with one attached hydrogen (secondary N) is 1. The summed E-state index contributed by atoms with van der Waals surface area (Å²) in [6.45, 7) is 0.396. The van der Waals surface area contributed by atoms with Gasteiger partial charge in [0, 0.05) is 6.54 Å². The molecule has 2 aromatic rings. The molecule has 0 bridgehead atoms. The number of amides is 1. The minimum atomic E-state index is -0.367. The van der Waals surface area contributed by atoms with Crippen LogP contribution in [0.3, 0.4) is 0 Å². The number of esters is 1. The summed E-state index contributed by atoms with van der Waals surface area (Å²) in [6.07, 6.45) is 0.655. The first kappa shape index (κ1) is 18.3. The fourth-order valence-electron chi connectivity index (χ4n) is 2.20. The van der Waals surface area contributed by atoms with Crippen molar-refractivity contribution in [3.05, 3.63) is 59.7 Å². The van der Waals surface area contributed by atoms with E-state index in [1.807, 2.05) is 24.3 Å². The molecule has 6 heteroatoms. The molecule has 0 saturated carbocycles. The average Bonchev–Trinajstić information content (AvgIpc) is 2.66. The highest BCUT2D eigenvalue weighted by molar-refractivity contribution is 5.89. The van der Waals surface area contributed by atoms with Crippen LogP contribution in [0.15, 0.2) is 48.5 Å². The van der Waals surface area contributed by atoms with Gasteiger partial charge >= 0.3 is 5.97 Å². The van der Waals surface area contributed by atoms with Crippen LogP contribution in [0.2, 0.25) is 0 Å². The van der Waals surface area contributed by atoms with Gasteiger partial charge in [-0.3, -0.25) is 4.79 Å². The molecule has 6 nitrogen and oxygen atoms in total. The number of para-hydroxylation sites is 2. The maximum absolute atomic E-state index is 11.9. The van der Waals surface area contributed by atoms with Crippen molar-refractivity contribution in [2.45, 2.75) is 6.42 Å². The van der Waals surface area contributed by atoms with Crippen LogP contribution in [0.4, 0.5) is 0 Å². The first-order valence-corrected chi connectivity index (χ1v) is 7.84. The zero-order chi connectivity index (χ0) is 18.1. The molecule has 0 aliphatic rings. The molecule has 0 aliphatic carbocycles. The Morgan fingerprint density at radius 1 is 0.960 bits per heavy atom. The van der Waals surface area contributed by atoms with Gasteiger partial charge in [0.1, 0.15) is 0 Å². The van der Waals surface area contributed by atoms with E-state index in [9.17, 15) is 9.59 Å². The topological polar surface area (TPSA) is 73.9 Å². The molecule has 0 atom stereocenters. The molecule has 1 N–H and O–H groups in total. The standard InChI is InChI=1S/C19H21NO5/c1-23-16-5-3-4-6-17(16)25-13-18(21)20-12-11-14-7-9-15(10-8-14)19(22)24-2/h3-10H,11-13H2,1-2H3,(H,20,21). The van der Waals surface area contributed by atoms with E-state index in [0.717, 1.165) is 5.56 Å². The smallest absolute Gasteiger partial charge is 0.337 e. The number of carbonyl (C=O) groups is 2. The number of ether oxygens (including phenoxy) is 3. The number of methoxy groups -OCH3 is 2. The van der Waals surface area contributed by atoms with Crippen LogP contribution in [-0.4, -0.2) is 39.2 Å². The van der Waals surface area contributed by atoms with Crippen LogP contribution in [-0.2, 0) is 16.0 Å². The van der Waals surface area contributed by atoms with Gasteiger partial charge in [0.2, 0.25) is 0 Å². The lowest BCUT2D eigenvalue weighted by Gasteiger charge is -2.10. The number of rotatable bonds is 8. The molecule has 132 valence electrons. The second-order valence-corrected chi connectivity index (χ2v) is 5.23. The second kappa shape index (κ2) is 9.32. The van der Waals surface area contributed by atoms with Crippen molar-refractivity contribution in [1.82, 2.24) is 5.32 Å². The van der Waals surface area contributed by atoms with E-state index in [0.29, 0.717) is 30.0 Å². The quantitative estimate of drug-likeness (QED) is 0.744. The van der Waals surface area contributed by atoms with Crippen molar-refractivity contribution in [1.29, 1.82) is 0 Å². The van der Waals surface area contributed by atoms with Crippen LogP contribution >= 0.6 is 0 Å². The summed E-state index contributed by atoms with van der Waals surface area (Å²) in [5.41, 5.74) is 1.51. The fourth-order valence-corrected chi connectivity index (χ4v) is 2.20. The Morgan fingerprint density at radius 2 is 1.64 bits per heavy atom. The Labute approximate surface area is 146 Å². The normalized spacial score (nSPS) is 10.0. The van der Waals surface area contributed by atoms with Crippen molar-refractivity contribution in [2.24, 2.45) is 0 Å². The molecular weight excluding hydrogens is 322 g/mol. The van der Waals surface area contributed by atoms with Gasteiger partial charge in [0.15, 0.2) is 18.1 Å². The Morgan fingerprint density at radius 3 is 2.28 bits per heavy atom. The molecule has 0 heterocycles. The predicted molar refractivity (Wildman–Crippen MR) is 93.0 cm³/mol. The summed E-state index contributed by atoms with van der Waals surface area (Å²) < 4.78 is 15.3. The van der Waals surface area contributed by atoms with Gasteiger partial charge in [0.25, 0.3) is 5.91 Å². The third kappa shape index (κ3) is 5.53. The van der Waals surface area contributed by atoms with Gasteiger partial charge in [-0.05, 0) is 36.2 Å². The molecule has 0 unspecified atom stereocenters. The molecule has 0 fully saturated rings. The maximum Gasteiger partial charge on any atom is 0.337 e. The van der Waals surface area contributed by atoms with E-state index < -0.39 is 0 Å². The molecule has 0 radical (unpaired) electrons. The van der Waals surface area contributed by atoms with Gasteiger partial charge in [-0.1, -0.05) is 24.3 Å². The van der Waals surface area contributed by atoms with E-state index in [4.69, 9.17) is 9.47 Å². The molecule has 25 heavy (non-hydrogen) atoms. The highest BCUT2D eigenvalue weighted by atomic mass is 16.5.